The lowest BCUT2D eigenvalue weighted by Gasteiger charge is -2.18. The molecule has 3 unspecified atom stereocenters. The Kier molecular flexibility index (Phi) is 2.88. The average Bonchev–Trinajstić information content (AvgIpc) is 2.77. The molecule has 2 aliphatic heterocycles. The average molecular weight is 214 g/mol. The van der Waals surface area contributed by atoms with Gasteiger partial charge in [0.15, 0.2) is 6.61 Å². The second-order valence-corrected chi connectivity index (χ2v) is 4.04. The summed E-state index contributed by atoms with van der Waals surface area (Å²) in [7, 11) is 0. The SMILES string of the molecule is O=C(O)CONC(=O)C1CC2CCC1N2. The van der Waals surface area contributed by atoms with Crippen LogP contribution in [0.25, 0.3) is 0 Å². The number of carbonyl (C=O) groups is 2. The van der Waals surface area contributed by atoms with Crippen molar-refractivity contribution in [3.8, 4) is 0 Å². The number of carbonyl (C=O) groups excluding carboxylic acids is 1. The summed E-state index contributed by atoms with van der Waals surface area (Å²) >= 11 is 0. The van der Waals surface area contributed by atoms with Crippen molar-refractivity contribution >= 4 is 11.9 Å². The third kappa shape index (κ3) is 2.27. The summed E-state index contributed by atoms with van der Waals surface area (Å²) in [6, 6.07) is 0.689. The lowest BCUT2D eigenvalue weighted by Crippen LogP contribution is -2.38. The van der Waals surface area contributed by atoms with Gasteiger partial charge in [-0.3, -0.25) is 9.63 Å². The van der Waals surface area contributed by atoms with Gasteiger partial charge in [-0.1, -0.05) is 0 Å². The lowest BCUT2D eigenvalue weighted by atomic mass is 9.89. The summed E-state index contributed by atoms with van der Waals surface area (Å²) in [6.07, 6.45) is 2.97. The van der Waals surface area contributed by atoms with E-state index in [4.69, 9.17) is 5.11 Å². The Labute approximate surface area is 86.9 Å². The van der Waals surface area contributed by atoms with E-state index in [0.29, 0.717) is 6.04 Å². The summed E-state index contributed by atoms with van der Waals surface area (Å²) in [5.41, 5.74) is 2.18. The number of carboxylic acids is 1. The summed E-state index contributed by atoms with van der Waals surface area (Å²) in [5.74, 6) is -1.38. The van der Waals surface area contributed by atoms with Crippen LogP contribution in [0.3, 0.4) is 0 Å². The van der Waals surface area contributed by atoms with E-state index in [9.17, 15) is 9.59 Å². The van der Waals surface area contributed by atoms with Crippen molar-refractivity contribution < 1.29 is 19.5 Å². The molecule has 3 N–H and O–H groups in total. The van der Waals surface area contributed by atoms with E-state index in [-0.39, 0.29) is 17.9 Å². The highest BCUT2D eigenvalue weighted by atomic mass is 16.7. The van der Waals surface area contributed by atoms with Crippen LogP contribution in [0.1, 0.15) is 19.3 Å². The van der Waals surface area contributed by atoms with Gasteiger partial charge in [0.25, 0.3) is 0 Å². The fourth-order valence-electron chi connectivity index (χ4n) is 2.36. The van der Waals surface area contributed by atoms with E-state index in [1.807, 2.05) is 0 Å². The van der Waals surface area contributed by atoms with Crippen molar-refractivity contribution in [2.45, 2.75) is 31.3 Å². The molecule has 2 aliphatic rings. The second-order valence-electron chi connectivity index (χ2n) is 4.04. The first-order valence-corrected chi connectivity index (χ1v) is 5.06. The third-order valence-electron chi connectivity index (χ3n) is 3.01. The van der Waals surface area contributed by atoms with Crippen LogP contribution in [0.15, 0.2) is 0 Å². The maximum atomic E-state index is 11.5. The summed E-state index contributed by atoms with van der Waals surface area (Å²) in [5, 5.41) is 11.6. The maximum absolute atomic E-state index is 11.5. The molecule has 2 saturated heterocycles. The standard InChI is InChI=1S/C9H14N2O4/c12-8(13)4-15-11-9(14)6-3-5-1-2-7(6)10-5/h5-7,10H,1-4H2,(H,11,14)(H,12,13). The Hall–Kier alpha value is -1.14. The van der Waals surface area contributed by atoms with Crippen LogP contribution in [-0.4, -0.2) is 35.7 Å². The maximum Gasteiger partial charge on any atom is 0.332 e. The van der Waals surface area contributed by atoms with Gasteiger partial charge < -0.3 is 10.4 Å². The van der Waals surface area contributed by atoms with Crippen LogP contribution >= 0.6 is 0 Å². The molecule has 15 heavy (non-hydrogen) atoms. The number of rotatable bonds is 4. The van der Waals surface area contributed by atoms with E-state index in [1.54, 1.807) is 0 Å². The van der Waals surface area contributed by atoms with Gasteiger partial charge in [-0.15, -0.1) is 0 Å². The van der Waals surface area contributed by atoms with Gasteiger partial charge in [0.1, 0.15) is 0 Å². The van der Waals surface area contributed by atoms with E-state index < -0.39 is 12.6 Å². The summed E-state index contributed by atoms with van der Waals surface area (Å²) < 4.78 is 0. The van der Waals surface area contributed by atoms with Gasteiger partial charge in [0.2, 0.25) is 5.91 Å². The Morgan fingerprint density at radius 3 is 2.80 bits per heavy atom. The molecule has 1 amide bonds. The van der Waals surface area contributed by atoms with Crippen LogP contribution < -0.4 is 10.8 Å². The molecule has 0 aromatic rings. The zero-order chi connectivity index (χ0) is 10.8. The van der Waals surface area contributed by atoms with Crippen molar-refractivity contribution in [2.75, 3.05) is 6.61 Å². The molecular formula is C9H14N2O4. The fourth-order valence-corrected chi connectivity index (χ4v) is 2.36. The fraction of sp³-hybridized carbons (Fsp3) is 0.778. The Morgan fingerprint density at radius 2 is 2.27 bits per heavy atom. The molecule has 0 aromatic heterocycles. The lowest BCUT2D eigenvalue weighted by molar-refractivity contribution is -0.150. The molecule has 6 heteroatoms. The Bertz CT molecular complexity index is 281. The highest BCUT2D eigenvalue weighted by Crippen LogP contribution is 2.33. The molecule has 0 aromatic carbocycles. The van der Waals surface area contributed by atoms with Crippen molar-refractivity contribution in [1.82, 2.24) is 10.8 Å². The molecule has 2 fully saturated rings. The number of aliphatic carboxylic acids is 1. The Balaban J connectivity index is 1.74. The minimum atomic E-state index is -1.10. The number of nitrogens with one attached hydrogen (secondary N) is 2. The van der Waals surface area contributed by atoms with Gasteiger partial charge in [-0.25, -0.2) is 10.3 Å². The second kappa shape index (κ2) is 4.16. The summed E-state index contributed by atoms with van der Waals surface area (Å²) in [6.45, 7) is -0.500. The number of hydroxylamine groups is 1. The molecule has 0 radical (unpaired) electrons. The van der Waals surface area contributed by atoms with Crippen molar-refractivity contribution in [2.24, 2.45) is 5.92 Å². The third-order valence-corrected chi connectivity index (χ3v) is 3.01. The zero-order valence-corrected chi connectivity index (χ0v) is 8.23. The normalized spacial score (nSPS) is 32.9. The number of amides is 1. The molecule has 2 rings (SSSR count). The van der Waals surface area contributed by atoms with Crippen LogP contribution in [-0.2, 0) is 14.4 Å². The van der Waals surface area contributed by atoms with Crippen LogP contribution in [0.2, 0.25) is 0 Å². The predicted octanol–water partition coefficient (Wildman–Crippen LogP) is -0.741. The molecular weight excluding hydrogens is 200 g/mol. The van der Waals surface area contributed by atoms with Crippen molar-refractivity contribution in [1.29, 1.82) is 0 Å². The van der Waals surface area contributed by atoms with Crippen LogP contribution in [0.4, 0.5) is 0 Å². The number of hydrogen-bond acceptors (Lipinski definition) is 4. The van der Waals surface area contributed by atoms with E-state index >= 15 is 0 Å². The highest BCUT2D eigenvalue weighted by molar-refractivity contribution is 5.79. The highest BCUT2D eigenvalue weighted by Gasteiger charge is 2.42. The van der Waals surface area contributed by atoms with Crippen molar-refractivity contribution in [3.63, 3.8) is 0 Å². The number of hydrogen-bond donors (Lipinski definition) is 3. The number of fused-ring (bicyclic) bond motifs is 2. The van der Waals surface area contributed by atoms with Crippen molar-refractivity contribution in [3.05, 3.63) is 0 Å². The van der Waals surface area contributed by atoms with Gasteiger partial charge in [0, 0.05) is 12.1 Å². The zero-order valence-electron chi connectivity index (χ0n) is 8.23. The molecule has 84 valence electrons. The van der Waals surface area contributed by atoms with E-state index in [2.05, 4.69) is 15.6 Å². The predicted molar refractivity (Wildman–Crippen MR) is 49.8 cm³/mol. The summed E-state index contributed by atoms with van der Waals surface area (Å²) in [4.78, 5) is 26.2. The van der Waals surface area contributed by atoms with Crippen LogP contribution in [0.5, 0.6) is 0 Å². The first-order valence-electron chi connectivity index (χ1n) is 5.06. The molecule has 0 spiro atoms. The first-order chi connectivity index (χ1) is 7.16. The molecule has 0 aliphatic carbocycles. The van der Waals surface area contributed by atoms with Gasteiger partial charge in [-0.05, 0) is 19.3 Å². The first kappa shape index (κ1) is 10.4. The molecule has 6 nitrogen and oxygen atoms in total. The molecule has 3 atom stereocenters. The molecule has 2 bridgehead atoms. The number of carboxylic acid groups (broad SMARTS) is 1. The Morgan fingerprint density at radius 1 is 1.47 bits per heavy atom. The van der Waals surface area contributed by atoms with Gasteiger partial charge in [0.05, 0.1) is 5.92 Å². The quantitative estimate of drug-likeness (QED) is 0.536. The van der Waals surface area contributed by atoms with Gasteiger partial charge in [-0.2, -0.15) is 0 Å². The largest absolute Gasteiger partial charge is 0.479 e. The molecule has 0 saturated carbocycles. The van der Waals surface area contributed by atoms with Gasteiger partial charge >= 0.3 is 5.97 Å². The minimum absolute atomic E-state index is 0.0717. The monoisotopic (exact) mass is 214 g/mol. The van der Waals surface area contributed by atoms with E-state index in [1.165, 1.54) is 0 Å². The molecule has 2 heterocycles. The smallest absolute Gasteiger partial charge is 0.332 e. The topological polar surface area (TPSA) is 87.7 Å². The minimum Gasteiger partial charge on any atom is -0.479 e. The van der Waals surface area contributed by atoms with E-state index in [0.717, 1.165) is 19.3 Å². The van der Waals surface area contributed by atoms with Crippen LogP contribution in [0, 0.1) is 5.92 Å².